The average molecular weight is 489 g/mol. The van der Waals surface area contributed by atoms with E-state index in [4.69, 9.17) is 11.6 Å². The molecule has 0 fully saturated rings. The number of nitriles is 1. The van der Waals surface area contributed by atoms with Crippen LogP contribution in [0.1, 0.15) is 39.7 Å². The lowest BCUT2D eigenvalue weighted by Gasteiger charge is -2.23. The zero-order chi connectivity index (χ0) is 21.8. The molecule has 31 heavy (non-hydrogen) atoms. The first-order valence-electron chi connectivity index (χ1n) is 9.97. The molecule has 0 saturated carbocycles. The quantitative estimate of drug-likeness (QED) is 0.259. The SMILES string of the molecule is N#CC(c1ccc(Cl)cc1)C(CC(=O)c1ccc2ccccc2c1)c1cccc(Br)c1. The number of hydrogen-bond acceptors (Lipinski definition) is 2. The highest BCUT2D eigenvalue weighted by Crippen LogP contribution is 2.37. The van der Waals surface area contributed by atoms with E-state index in [0.29, 0.717) is 10.6 Å². The molecule has 152 valence electrons. The Morgan fingerprint density at radius 2 is 1.61 bits per heavy atom. The summed E-state index contributed by atoms with van der Waals surface area (Å²) in [5.41, 5.74) is 2.46. The lowest BCUT2D eigenvalue weighted by Crippen LogP contribution is -2.15. The molecular weight excluding hydrogens is 470 g/mol. The van der Waals surface area contributed by atoms with Crippen LogP contribution in [0.2, 0.25) is 5.02 Å². The summed E-state index contributed by atoms with van der Waals surface area (Å²) in [6.45, 7) is 0. The van der Waals surface area contributed by atoms with Crippen molar-refractivity contribution < 1.29 is 4.79 Å². The van der Waals surface area contributed by atoms with Crippen LogP contribution in [0.15, 0.2) is 95.5 Å². The molecule has 0 aliphatic heterocycles. The number of rotatable bonds is 6. The highest BCUT2D eigenvalue weighted by atomic mass is 79.9. The van der Waals surface area contributed by atoms with Gasteiger partial charge in [-0.2, -0.15) is 5.26 Å². The van der Waals surface area contributed by atoms with Crippen LogP contribution in [0.4, 0.5) is 0 Å². The normalized spacial score (nSPS) is 12.8. The van der Waals surface area contributed by atoms with E-state index in [1.807, 2.05) is 78.9 Å². The van der Waals surface area contributed by atoms with E-state index in [0.717, 1.165) is 26.4 Å². The molecule has 2 unspecified atom stereocenters. The fourth-order valence-corrected chi connectivity index (χ4v) is 4.46. The molecule has 4 aromatic carbocycles. The Balaban J connectivity index is 1.72. The molecule has 0 aromatic heterocycles. The van der Waals surface area contributed by atoms with Crippen molar-refractivity contribution in [2.24, 2.45) is 0 Å². The van der Waals surface area contributed by atoms with Gasteiger partial charge >= 0.3 is 0 Å². The number of fused-ring (bicyclic) bond motifs is 1. The molecular formula is C27H19BrClNO. The van der Waals surface area contributed by atoms with Gasteiger partial charge in [0.2, 0.25) is 0 Å². The highest BCUT2D eigenvalue weighted by molar-refractivity contribution is 9.10. The van der Waals surface area contributed by atoms with E-state index in [-0.39, 0.29) is 18.1 Å². The Bertz CT molecular complexity index is 1280. The van der Waals surface area contributed by atoms with Gasteiger partial charge in [-0.15, -0.1) is 0 Å². The first-order chi connectivity index (χ1) is 15.0. The van der Waals surface area contributed by atoms with Crippen LogP contribution < -0.4 is 0 Å². The van der Waals surface area contributed by atoms with Gasteiger partial charge in [0.1, 0.15) is 0 Å². The second kappa shape index (κ2) is 9.47. The fraction of sp³-hybridized carbons (Fsp3) is 0.111. The van der Waals surface area contributed by atoms with Gasteiger partial charge in [0.25, 0.3) is 0 Å². The summed E-state index contributed by atoms with van der Waals surface area (Å²) in [6, 6.07) is 31.3. The van der Waals surface area contributed by atoms with Crippen LogP contribution in [0.25, 0.3) is 10.8 Å². The van der Waals surface area contributed by atoms with Crippen molar-refractivity contribution in [3.63, 3.8) is 0 Å². The molecule has 0 radical (unpaired) electrons. The lowest BCUT2D eigenvalue weighted by atomic mass is 9.78. The standard InChI is InChI=1S/C27H19BrClNO/c28-23-7-3-6-21(15-23)25(26(17-30)19-10-12-24(29)13-11-19)16-27(31)22-9-8-18-4-1-2-5-20(18)14-22/h1-15,25-26H,16H2. The third kappa shape index (κ3) is 4.88. The van der Waals surface area contributed by atoms with Crippen molar-refractivity contribution in [2.75, 3.05) is 0 Å². The van der Waals surface area contributed by atoms with Gasteiger partial charge in [0.15, 0.2) is 5.78 Å². The number of carbonyl (C=O) groups is 1. The minimum atomic E-state index is -0.476. The van der Waals surface area contributed by atoms with Crippen LogP contribution in [-0.4, -0.2) is 5.78 Å². The Hall–Kier alpha value is -2.93. The molecule has 0 saturated heterocycles. The van der Waals surface area contributed by atoms with Crippen molar-refractivity contribution in [2.45, 2.75) is 18.3 Å². The van der Waals surface area contributed by atoms with Crippen molar-refractivity contribution in [1.82, 2.24) is 0 Å². The van der Waals surface area contributed by atoms with Gasteiger partial charge in [0, 0.05) is 27.4 Å². The van der Waals surface area contributed by atoms with E-state index in [1.54, 1.807) is 12.1 Å². The molecule has 0 amide bonds. The van der Waals surface area contributed by atoms with E-state index in [1.165, 1.54) is 0 Å². The third-order valence-electron chi connectivity index (χ3n) is 5.52. The molecule has 0 aliphatic carbocycles. The topological polar surface area (TPSA) is 40.9 Å². The summed E-state index contributed by atoms with van der Waals surface area (Å²) >= 11 is 9.57. The maximum absolute atomic E-state index is 13.3. The van der Waals surface area contributed by atoms with Crippen molar-refractivity contribution in [3.05, 3.63) is 117 Å². The van der Waals surface area contributed by atoms with Gasteiger partial charge < -0.3 is 0 Å². The molecule has 4 rings (SSSR count). The zero-order valence-electron chi connectivity index (χ0n) is 16.6. The maximum Gasteiger partial charge on any atom is 0.163 e. The Labute approximate surface area is 195 Å². The molecule has 0 aliphatic rings. The number of ketones is 1. The minimum absolute atomic E-state index is 0.0185. The number of carbonyl (C=O) groups excluding carboxylic acids is 1. The molecule has 0 heterocycles. The smallest absolute Gasteiger partial charge is 0.163 e. The van der Waals surface area contributed by atoms with Crippen LogP contribution >= 0.6 is 27.5 Å². The highest BCUT2D eigenvalue weighted by Gasteiger charge is 2.28. The second-order valence-corrected chi connectivity index (χ2v) is 8.86. The molecule has 4 aromatic rings. The van der Waals surface area contributed by atoms with Gasteiger partial charge in [-0.25, -0.2) is 0 Å². The second-order valence-electron chi connectivity index (χ2n) is 7.51. The number of hydrogen-bond donors (Lipinski definition) is 0. The summed E-state index contributed by atoms with van der Waals surface area (Å²) < 4.78 is 0.918. The zero-order valence-corrected chi connectivity index (χ0v) is 19.0. The summed E-state index contributed by atoms with van der Waals surface area (Å²) in [5.74, 6) is -0.747. The number of benzene rings is 4. The summed E-state index contributed by atoms with van der Waals surface area (Å²) in [6.07, 6.45) is 0.232. The predicted octanol–water partition coefficient (Wildman–Crippen LogP) is 7.92. The third-order valence-corrected chi connectivity index (χ3v) is 6.27. The minimum Gasteiger partial charge on any atom is -0.294 e. The average Bonchev–Trinajstić information content (AvgIpc) is 2.79. The first-order valence-corrected chi connectivity index (χ1v) is 11.1. The molecule has 0 spiro atoms. The van der Waals surface area contributed by atoms with Crippen molar-refractivity contribution in [3.8, 4) is 6.07 Å². The number of Topliss-reactive ketones (excluding diaryl/α,β-unsaturated/α-hetero) is 1. The van der Waals surface area contributed by atoms with Crippen LogP contribution in [0.5, 0.6) is 0 Å². The van der Waals surface area contributed by atoms with Gasteiger partial charge in [-0.05, 0) is 52.2 Å². The summed E-state index contributed by atoms with van der Waals surface area (Å²) in [5, 5.41) is 12.8. The van der Waals surface area contributed by atoms with Crippen molar-refractivity contribution in [1.29, 1.82) is 5.26 Å². The Kier molecular flexibility index (Phi) is 6.51. The van der Waals surface area contributed by atoms with E-state index < -0.39 is 5.92 Å². The maximum atomic E-state index is 13.3. The number of nitrogens with zero attached hydrogens (tertiary/aromatic N) is 1. The summed E-state index contributed by atoms with van der Waals surface area (Å²) in [7, 11) is 0. The molecule has 2 atom stereocenters. The van der Waals surface area contributed by atoms with Crippen LogP contribution in [-0.2, 0) is 0 Å². The van der Waals surface area contributed by atoms with Crippen molar-refractivity contribution >= 4 is 44.1 Å². The molecule has 0 bridgehead atoms. The Morgan fingerprint density at radius 1 is 0.871 bits per heavy atom. The van der Waals surface area contributed by atoms with Gasteiger partial charge in [-0.3, -0.25) is 4.79 Å². The van der Waals surface area contributed by atoms with E-state index in [9.17, 15) is 10.1 Å². The molecule has 2 nitrogen and oxygen atoms in total. The molecule has 4 heteroatoms. The lowest BCUT2D eigenvalue weighted by molar-refractivity contribution is 0.0972. The monoisotopic (exact) mass is 487 g/mol. The van der Waals surface area contributed by atoms with E-state index in [2.05, 4.69) is 22.0 Å². The first kappa shape index (κ1) is 21.3. The van der Waals surface area contributed by atoms with Crippen LogP contribution in [0, 0.1) is 11.3 Å². The van der Waals surface area contributed by atoms with Crippen LogP contribution in [0.3, 0.4) is 0 Å². The Morgan fingerprint density at radius 3 is 2.32 bits per heavy atom. The molecule has 0 N–H and O–H groups in total. The van der Waals surface area contributed by atoms with E-state index >= 15 is 0 Å². The predicted molar refractivity (Wildman–Crippen MR) is 130 cm³/mol. The number of halogens is 2. The summed E-state index contributed by atoms with van der Waals surface area (Å²) in [4.78, 5) is 13.3. The van der Waals surface area contributed by atoms with Gasteiger partial charge in [-0.1, -0.05) is 88.2 Å². The largest absolute Gasteiger partial charge is 0.294 e. The fourth-order valence-electron chi connectivity index (χ4n) is 3.91. The van der Waals surface area contributed by atoms with Gasteiger partial charge in [0.05, 0.1) is 12.0 Å².